The van der Waals surface area contributed by atoms with Crippen LogP contribution in [-0.2, 0) is 0 Å². The first kappa shape index (κ1) is 12.1. The number of fused-ring (bicyclic) bond motifs is 7. The van der Waals surface area contributed by atoms with E-state index in [2.05, 4.69) is 33.0 Å². The number of halogens is 1. The van der Waals surface area contributed by atoms with Crippen LogP contribution in [0.1, 0.15) is 16.1 Å². The van der Waals surface area contributed by atoms with Crippen LogP contribution in [0.2, 0.25) is 0 Å². The number of pyridine rings is 1. The lowest BCUT2D eigenvalue weighted by molar-refractivity contribution is -0.592. The predicted octanol–water partition coefficient (Wildman–Crippen LogP) is 3.90. The van der Waals surface area contributed by atoms with Gasteiger partial charge >= 0.3 is 0 Å². The molecular weight excluding hydrogens is 340 g/mol. The summed E-state index contributed by atoms with van der Waals surface area (Å²) in [6, 6.07) is 15.9. The summed E-state index contributed by atoms with van der Waals surface area (Å²) in [5, 5.41) is 2.21. The minimum Gasteiger partial charge on any atom is -0.349 e. The second kappa shape index (κ2) is 4.05. The van der Waals surface area contributed by atoms with Crippen molar-refractivity contribution in [1.29, 1.82) is 0 Å². The average molecular weight is 350 g/mol. The zero-order chi connectivity index (χ0) is 14.8. The van der Waals surface area contributed by atoms with Crippen molar-refractivity contribution in [2.45, 2.75) is 0 Å². The molecule has 4 aromatic rings. The molecule has 1 N–H and O–H groups in total. The van der Waals surface area contributed by atoms with Gasteiger partial charge in [-0.1, -0.05) is 34.1 Å². The van der Waals surface area contributed by atoms with Crippen molar-refractivity contribution < 1.29 is 9.36 Å². The first-order valence-electron chi connectivity index (χ1n) is 7.04. The summed E-state index contributed by atoms with van der Waals surface area (Å²) in [6.07, 6.45) is 1.98. The van der Waals surface area contributed by atoms with Gasteiger partial charge in [-0.2, -0.15) is 4.57 Å². The molecule has 0 saturated carbocycles. The van der Waals surface area contributed by atoms with Gasteiger partial charge in [0.2, 0.25) is 5.69 Å². The van der Waals surface area contributed by atoms with Crippen LogP contribution in [0.3, 0.4) is 0 Å². The second-order valence-corrected chi connectivity index (χ2v) is 6.40. The molecule has 4 heteroatoms. The molecule has 1 aliphatic rings. The van der Waals surface area contributed by atoms with E-state index in [4.69, 9.17) is 0 Å². The Bertz CT molecular complexity index is 1110. The molecule has 0 aliphatic carbocycles. The van der Waals surface area contributed by atoms with Gasteiger partial charge in [0.25, 0.3) is 11.5 Å². The number of benzene rings is 2. The lowest BCUT2D eigenvalue weighted by Gasteiger charge is -1.94. The van der Waals surface area contributed by atoms with Crippen LogP contribution >= 0.6 is 15.9 Å². The molecule has 0 bridgehead atoms. The van der Waals surface area contributed by atoms with E-state index >= 15 is 0 Å². The highest BCUT2D eigenvalue weighted by atomic mass is 79.9. The molecule has 104 valence electrons. The Balaban J connectivity index is 1.95. The highest BCUT2D eigenvalue weighted by Crippen LogP contribution is 2.32. The number of hydrogen-bond donors (Lipinski definition) is 1. The molecule has 3 nitrogen and oxygen atoms in total. The predicted molar refractivity (Wildman–Crippen MR) is 88.5 cm³/mol. The molecule has 0 spiro atoms. The zero-order valence-corrected chi connectivity index (χ0v) is 13.0. The number of aromatic amines is 1. The standard InChI is InChI=1S/C18H9BrN2O/c19-10-5-6-11-12-7-8-21-15-4-2-1-3-13(15)18(22)17(21)16(12)20-14(11)9-10/h1-9H/p+1. The fraction of sp³-hybridized carbons (Fsp3) is 0. The van der Waals surface area contributed by atoms with Crippen LogP contribution in [0, 0.1) is 0 Å². The van der Waals surface area contributed by atoms with Crippen LogP contribution in [-0.4, -0.2) is 10.8 Å². The van der Waals surface area contributed by atoms with Gasteiger partial charge in [0.05, 0.1) is 0 Å². The largest absolute Gasteiger partial charge is 0.349 e. The van der Waals surface area contributed by atoms with Crippen molar-refractivity contribution in [1.82, 2.24) is 4.98 Å². The fourth-order valence-corrected chi connectivity index (χ4v) is 3.68. The van der Waals surface area contributed by atoms with E-state index < -0.39 is 0 Å². The summed E-state index contributed by atoms with van der Waals surface area (Å²) < 4.78 is 3.00. The van der Waals surface area contributed by atoms with Gasteiger partial charge in [-0.25, -0.2) is 0 Å². The number of ketones is 1. The quantitative estimate of drug-likeness (QED) is 0.423. The molecule has 22 heavy (non-hydrogen) atoms. The fourth-order valence-electron chi connectivity index (χ4n) is 3.32. The zero-order valence-electron chi connectivity index (χ0n) is 11.4. The minimum absolute atomic E-state index is 0.0758. The van der Waals surface area contributed by atoms with E-state index in [-0.39, 0.29) is 5.78 Å². The first-order valence-corrected chi connectivity index (χ1v) is 7.83. The molecule has 0 unspecified atom stereocenters. The van der Waals surface area contributed by atoms with Gasteiger partial charge < -0.3 is 4.98 Å². The van der Waals surface area contributed by atoms with Crippen LogP contribution in [0.25, 0.3) is 27.5 Å². The molecular formula is C18H10BrN2O+. The number of hydrogen-bond acceptors (Lipinski definition) is 1. The van der Waals surface area contributed by atoms with Crippen LogP contribution in [0.5, 0.6) is 0 Å². The third kappa shape index (κ3) is 1.40. The first-order chi connectivity index (χ1) is 10.7. The second-order valence-electron chi connectivity index (χ2n) is 5.48. The Morgan fingerprint density at radius 3 is 2.77 bits per heavy atom. The normalized spacial score (nSPS) is 12.9. The van der Waals surface area contributed by atoms with Crippen molar-refractivity contribution in [2.24, 2.45) is 0 Å². The molecule has 0 amide bonds. The molecule has 3 heterocycles. The number of rotatable bonds is 0. The highest BCUT2D eigenvalue weighted by Gasteiger charge is 2.37. The number of carbonyl (C=O) groups excluding carboxylic acids is 1. The van der Waals surface area contributed by atoms with E-state index in [0.29, 0.717) is 5.69 Å². The Morgan fingerprint density at radius 1 is 1.00 bits per heavy atom. The Hall–Kier alpha value is -2.46. The van der Waals surface area contributed by atoms with Crippen molar-refractivity contribution >= 4 is 43.5 Å². The van der Waals surface area contributed by atoms with Gasteiger partial charge in [-0.3, -0.25) is 4.79 Å². The molecule has 5 rings (SSSR count). The topological polar surface area (TPSA) is 36.7 Å². The van der Waals surface area contributed by atoms with Crippen LogP contribution < -0.4 is 4.57 Å². The summed E-state index contributed by atoms with van der Waals surface area (Å²) in [6.45, 7) is 0. The summed E-state index contributed by atoms with van der Waals surface area (Å²) in [7, 11) is 0. The average Bonchev–Trinajstić information content (AvgIpc) is 3.03. The summed E-state index contributed by atoms with van der Waals surface area (Å²) >= 11 is 3.50. The Labute approximate surface area is 134 Å². The third-order valence-corrected chi connectivity index (χ3v) is 4.79. The van der Waals surface area contributed by atoms with E-state index in [1.54, 1.807) is 0 Å². The van der Waals surface area contributed by atoms with Gasteiger partial charge in [-0.15, -0.1) is 0 Å². The number of carbonyl (C=O) groups is 1. The number of para-hydroxylation sites is 1. The lowest BCUT2D eigenvalue weighted by atomic mass is 10.1. The number of H-pyrrole nitrogens is 1. The number of nitrogens with zero attached hydrogens (tertiary/aromatic N) is 1. The molecule has 0 atom stereocenters. The van der Waals surface area contributed by atoms with Crippen molar-refractivity contribution in [3.05, 3.63) is 70.5 Å². The van der Waals surface area contributed by atoms with Gasteiger partial charge in [0.15, 0.2) is 6.20 Å². The monoisotopic (exact) mass is 349 g/mol. The van der Waals surface area contributed by atoms with Gasteiger partial charge in [0, 0.05) is 32.9 Å². The Kier molecular flexibility index (Phi) is 2.23. The maximum atomic E-state index is 12.8. The van der Waals surface area contributed by atoms with E-state index in [0.717, 1.165) is 37.5 Å². The SMILES string of the molecule is O=C1c2ccccc2-[n+]2ccc3c([nH]c4cc(Br)ccc43)c21. The maximum absolute atomic E-state index is 12.8. The van der Waals surface area contributed by atoms with Crippen LogP contribution in [0.15, 0.2) is 59.2 Å². The third-order valence-electron chi connectivity index (χ3n) is 4.29. The van der Waals surface area contributed by atoms with Crippen LogP contribution in [0.4, 0.5) is 0 Å². The summed E-state index contributed by atoms with van der Waals surface area (Å²) in [5.74, 6) is 0.0758. The molecule has 2 aromatic carbocycles. The maximum Gasteiger partial charge on any atom is 0.284 e. The Morgan fingerprint density at radius 2 is 1.86 bits per heavy atom. The van der Waals surface area contributed by atoms with Gasteiger partial charge in [-0.05, 0) is 18.2 Å². The van der Waals surface area contributed by atoms with Crippen molar-refractivity contribution in [3.63, 3.8) is 0 Å². The summed E-state index contributed by atoms with van der Waals surface area (Å²) in [4.78, 5) is 16.2. The van der Waals surface area contributed by atoms with E-state index in [1.807, 2.05) is 47.2 Å². The van der Waals surface area contributed by atoms with Gasteiger partial charge in [0.1, 0.15) is 11.1 Å². The number of nitrogens with one attached hydrogen (secondary N) is 1. The molecule has 0 fully saturated rings. The van der Waals surface area contributed by atoms with Crippen molar-refractivity contribution in [2.75, 3.05) is 0 Å². The van der Waals surface area contributed by atoms with E-state index in [1.165, 1.54) is 0 Å². The summed E-state index contributed by atoms with van der Waals surface area (Å²) in [5.41, 5.74) is 4.35. The minimum atomic E-state index is 0.0758. The molecule has 2 aromatic heterocycles. The lowest BCUT2D eigenvalue weighted by Crippen LogP contribution is -2.31. The van der Waals surface area contributed by atoms with Crippen molar-refractivity contribution in [3.8, 4) is 5.69 Å². The molecule has 0 saturated heterocycles. The molecule has 0 radical (unpaired) electrons. The number of aromatic nitrogens is 2. The van der Waals surface area contributed by atoms with E-state index in [9.17, 15) is 4.79 Å². The smallest absolute Gasteiger partial charge is 0.284 e. The molecule has 1 aliphatic heterocycles. The highest BCUT2D eigenvalue weighted by molar-refractivity contribution is 9.10.